The van der Waals surface area contributed by atoms with E-state index >= 15 is 0 Å². The highest BCUT2D eigenvalue weighted by atomic mass is 79.9. The molecule has 0 heterocycles. The van der Waals surface area contributed by atoms with Gasteiger partial charge in [-0.1, -0.05) is 61.9 Å². The minimum absolute atomic E-state index is 0.152. The molecule has 0 bridgehead atoms. The Balaban J connectivity index is 1.91. The molecule has 2 aliphatic rings. The molecule has 0 amide bonds. The van der Waals surface area contributed by atoms with E-state index in [-0.39, 0.29) is 5.60 Å². The molecule has 0 radical (unpaired) electrons. The third-order valence-electron chi connectivity index (χ3n) is 5.72. The number of rotatable bonds is 6. The molecule has 0 spiro atoms. The summed E-state index contributed by atoms with van der Waals surface area (Å²) in [4.78, 5) is 0. The normalized spacial score (nSPS) is 38.9. The smallest absolute Gasteiger partial charge is 0.0783 e. The monoisotopic (exact) mass is 344 g/mol. The maximum absolute atomic E-state index is 6.75. The molecular formula is C18H33BrO. The number of ether oxygens (including phenoxy) is 1. The van der Waals surface area contributed by atoms with Crippen molar-refractivity contribution in [1.82, 2.24) is 0 Å². The van der Waals surface area contributed by atoms with Crippen LogP contribution >= 0.6 is 15.9 Å². The lowest BCUT2D eigenvalue weighted by atomic mass is 9.77. The van der Waals surface area contributed by atoms with Crippen molar-refractivity contribution in [2.75, 3.05) is 5.33 Å². The Kier molecular flexibility index (Phi) is 6.87. The second-order valence-electron chi connectivity index (χ2n) is 7.16. The maximum Gasteiger partial charge on any atom is 0.0783 e. The Morgan fingerprint density at radius 1 is 1.05 bits per heavy atom. The minimum atomic E-state index is 0.152. The Bertz CT molecular complexity index is 271. The Hall–Kier alpha value is 0.440. The van der Waals surface area contributed by atoms with Crippen LogP contribution in [0.2, 0.25) is 0 Å². The van der Waals surface area contributed by atoms with Gasteiger partial charge in [-0.15, -0.1) is 0 Å². The maximum atomic E-state index is 6.75. The van der Waals surface area contributed by atoms with Crippen molar-refractivity contribution < 1.29 is 4.74 Å². The number of hydrogen-bond acceptors (Lipinski definition) is 1. The van der Waals surface area contributed by atoms with E-state index in [9.17, 15) is 0 Å². The van der Waals surface area contributed by atoms with Crippen molar-refractivity contribution in [3.8, 4) is 0 Å². The standard InChI is InChI=1S/C18H33BrO/c1-3-7-15-10-12-18(14-19,13-11-15)20-17-9-6-5-8-16(17)4-2/h15-17H,3-14H2,1-2H3. The lowest BCUT2D eigenvalue weighted by Crippen LogP contribution is -2.44. The highest BCUT2D eigenvalue weighted by molar-refractivity contribution is 9.09. The zero-order valence-corrected chi connectivity index (χ0v) is 15.1. The van der Waals surface area contributed by atoms with Crippen LogP contribution in [0.5, 0.6) is 0 Å². The molecule has 20 heavy (non-hydrogen) atoms. The summed E-state index contributed by atoms with van der Waals surface area (Å²) in [5.74, 6) is 1.78. The molecule has 2 rings (SSSR count). The quantitative estimate of drug-likeness (QED) is 0.529. The molecule has 2 heteroatoms. The first kappa shape index (κ1) is 16.8. The molecule has 2 unspecified atom stereocenters. The highest BCUT2D eigenvalue weighted by Gasteiger charge is 2.39. The average Bonchev–Trinajstić information content (AvgIpc) is 2.50. The van der Waals surface area contributed by atoms with Crippen LogP contribution in [0.1, 0.15) is 84.5 Å². The molecule has 2 fully saturated rings. The van der Waals surface area contributed by atoms with Gasteiger partial charge in [0.05, 0.1) is 11.7 Å². The molecule has 0 N–H and O–H groups in total. The third kappa shape index (κ3) is 4.22. The van der Waals surface area contributed by atoms with E-state index in [2.05, 4.69) is 29.8 Å². The molecule has 0 saturated heterocycles. The van der Waals surface area contributed by atoms with Crippen molar-refractivity contribution in [2.24, 2.45) is 11.8 Å². The zero-order chi connectivity index (χ0) is 14.4. The van der Waals surface area contributed by atoms with Crippen LogP contribution in [0.4, 0.5) is 0 Å². The van der Waals surface area contributed by atoms with Gasteiger partial charge in [0, 0.05) is 5.33 Å². The third-order valence-corrected chi connectivity index (χ3v) is 6.74. The van der Waals surface area contributed by atoms with Crippen molar-refractivity contribution in [2.45, 2.75) is 96.2 Å². The lowest BCUT2D eigenvalue weighted by Gasteiger charge is -2.44. The van der Waals surface area contributed by atoms with Crippen LogP contribution in [0.3, 0.4) is 0 Å². The molecule has 0 aromatic rings. The molecule has 2 saturated carbocycles. The molecule has 118 valence electrons. The Morgan fingerprint density at radius 3 is 2.35 bits per heavy atom. The number of alkyl halides is 1. The Labute approximate surface area is 134 Å². The van der Waals surface area contributed by atoms with E-state index in [0.29, 0.717) is 6.10 Å². The van der Waals surface area contributed by atoms with Gasteiger partial charge in [-0.25, -0.2) is 0 Å². The van der Waals surface area contributed by atoms with Gasteiger partial charge in [-0.2, -0.15) is 0 Å². The fourth-order valence-corrected chi connectivity index (χ4v) is 4.99. The van der Waals surface area contributed by atoms with Gasteiger partial charge >= 0.3 is 0 Å². The van der Waals surface area contributed by atoms with Crippen LogP contribution in [0.15, 0.2) is 0 Å². The lowest BCUT2D eigenvalue weighted by molar-refractivity contribution is -0.134. The largest absolute Gasteiger partial charge is 0.371 e. The van der Waals surface area contributed by atoms with Gasteiger partial charge in [0.2, 0.25) is 0 Å². The summed E-state index contributed by atoms with van der Waals surface area (Å²) in [6.07, 6.45) is 15.4. The zero-order valence-electron chi connectivity index (χ0n) is 13.5. The highest BCUT2D eigenvalue weighted by Crippen LogP contribution is 2.41. The number of halogens is 1. The van der Waals surface area contributed by atoms with Crippen molar-refractivity contribution in [1.29, 1.82) is 0 Å². The predicted molar refractivity (Wildman–Crippen MR) is 90.5 cm³/mol. The van der Waals surface area contributed by atoms with Gasteiger partial charge in [-0.3, -0.25) is 0 Å². The van der Waals surface area contributed by atoms with Gasteiger partial charge in [0.1, 0.15) is 0 Å². The van der Waals surface area contributed by atoms with E-state index in [4.69, 9.17) is 4.74 Å². The second kappa shape index (κ2) is 8.17. The first-order valence-electron chi connectivity index (χ1n) is 8.96. The first-order valence-corrected chi connectivity index (χ1v) is 10.1. The number of hydrogen-bond donors (Lipinski definition) is 0. The SMILES string of the molecule is CCCC1CCC(CBr)(OC2CCCCC2CC)CC1. The van der Waals surface area contributed by atoms with E-state index in [1.54, 1.807) is 0 Å². The van der Waals surface area contributed by atoms with Gasteiger partial charge in [0.25, 0.3) is 0 Å². The van der Waals surface area contributed by atoms with Crippen molar-refractivity contribution in [3.63, 3.8) is 0 Å². The second-order valence-corrected chi connectivity index (χ2v) is 7.72. The molecular weight excluding hydrogens is 312 g/mol. The van der Waals surface area contributed by atoms with Crippen LogP contribution in [0.25, 0.3) is 0 Å². The van der Waals surface area contributed by atoms with Gasteiger partial charge < -0.3 is 4.74 Å². The van der Waals surface area contributed by atoms with Crippen molar-refractivity contribution >= 4 is 15.9 Å². The van der Waals surface area contributed by atoms with E-state index in [0.717, 1.165) is 17.2 Å². The average molecular weight is 345 g/mol. The van der Waals surface area contributed by atoms with E-state index in [1.165, 1.54) is 70.6 Å². The molecule has 2 aliphatic carbocycles. The predicted octanol–water partition coefficient (Wildman–Crippen LogP) is 6.10. The molecule has 0 aromatic carbocycles. The van der Waals surface area contributed by atoms with Crippen LogP contribution in [-0.4, -0.2) is 17.0 Å². The van der Waals surface area contributed by atoms with Gasteiger partial charge in [-0.05, 0) is 50.4 Å². The van der Waals surface area contributed by atoms with E-state index in [1.807, 2.05) is 0 Å². The van der Waals surface area contributed by atoms with Crippen LogP contribution < -0.4 is 0 Å². The summed E-state index contributed by atoms with van der Waals surface area (Å²) in [6.45, 7) is 4.65. The molecule has 0 aromatic heterocycles. The Morgan fingerprint density at radius 2 is 1.75 bits per heavy atom. The summed E-state index contributed by atoms with van der Waals surface area (Å²) >= 11 is 3.77. The molecule has 0 aliphatic heterocycles. The summed E-state index contributed by atoms with van der Waals surface area (Å²) in [5, 5.41) is 1.03. The topological polar surface area (TPSA) is 9.23 Å². The summed E-state index contributed by atoms with van der Waals surface area (Å²) in [6, 6.07) is 0. The first-order chi connectivity index (χ1) is 9.73. The van der Waals surface area contributed by atoms with E-state index < -0.39 is 0 Å². The molecule has 2 atom stereocenters. The summed E-state index contributed by atoms with van der Waals surface area (Å²) in [7, 11) is 0. The fourth-order valence-electron chi connectivity index (χ4n) is 4.30. The summed E-state index contributed by atoms with van der Waals surface area (Å²) in [5.41, 5.74) is 0.152. The van der Waals surface area contributed by atoms with Crippen LogP contribution in [-0.2, 0) is 4.74 Å². The minimum Gasteiger partial charge on any atom is -0.371 e. The summed E-state index contributed by atoms with van der Waals surface area (Å²) < 4.78 is 6.75. The van der Waals surface area contributed by atoms with Crippen molar-refractivity contribution in [3.05, 3.63) is 0 Å². The molecule has 1 nitrogen and oxygen atoms in total. The van der Waals surface area contributed by atoms with Gasteiger partial charge in [0.15, 0.2) is 0 Å². The van der Waals surface area contributed by atoms with Crippen LogP contribution in [0, 0.1) is 11.8 Å². The fraction of sp³-hybridized carbons (Fsp3) is 1.00.